The van der Waals surface area contributed by atoms with Crippen molar-refractivity contribution in [3.63, 3.8) is 0 Å². The second kappa shape index (κ2) is 6.03. The zero-order valence-corrected chi connectivity index (χ0v) is 12.9. The molecule has 2 rings (SSSR count). The molecule has 1 atom stereocenters. The van der Waals surface area contributed by atoms with Crippen LogP contribution < -0.4 is 4.90 Å². The molecule has 1 aromatic rings. The largest absolute Gasteiger partial charge is 0.396 e. The number of anilines is 1. The van der Waals surface area contributed by atoms with Crippen LogP contribution in [0.2, 0.25) is 0 Å². The molecule has 104 valence electrons. The molecule has 1 fully saturated rings. The summed E-state index contributed by atoms with van der Waals surface area (Å²) in [5.41, 5.74) is 2.07. The number of aryl methyl sites for hydroxylation is 1. The van der Waals surface area contributed by atoms with E-state index in [0.29, 0.717) is 13.0 Å². The number of halogens is 1. The zero-order chi connectivity index (χ0) is 14.0. The minimum Gasteiger partial charge on any atom is -0.396 e. The molecule has 1 N–H and O–H groups in total. The third kappa shape index (κ3) is 2.99. The molecule has 1 unspecified atom stereocenters. The smallest absolute Gasteiger partial charge is 0.244 e. The van der Waals surface area contributed by atoms with E-state index >= 15 is 0 Å². The lowest BCUT2D eigenvalue weighted by atomic mass is 10.1. The standard InChI is InChI=1S/C14H19BrN2O2/c1-10-3-4-11(9-12(10)15)17-7-6-16(2)13(5-8-18)14(17)19/h3-4,9,13,18H,5-8H2,1-2H3. The maximum Gasteiger partial charge on any atom is 0.244 e. The van der Waals surface area contributed by atoms with Crippen molar-refractivity contribution < 1.29 is 9.90 Å². The van der Waals surface area contributed by atoms with Gasteiger partial charge in [0.05, 0.1) is 6.04 Å². The first-order chi connectivity index (χ1) is 9.04. The normalized spacial score (nSPS) is 20.9. The summed E-state index contributed by atoms with van der Waals surface area (Å²) in [6.07, 6.45) is 0.485. The number of nitrogens with zero attached hydrogens (tertiary/aromatic N) is 2. The Labute approximate surface area is 122 Å². The van der Waals surface area contributed by atoms with Crippen LogP contribution in [0.25, 0.3) is 0 Å². The lowest BCUT2D eigenvalue weighted by Gasteiger charge is -2.38. The van der Waals surface area contributed by atoms with Crippen molar-refractivity contribution >= 4 is 27.5 Å². The van der Waals surface area contributed by atoms with E-state index in [9.17, 15) is 4.79 Å². The van der Waals surface area contributed by atoms with E-state index in [-0.39, 0.29) is 18.6 Å². The maximum absolute atomic E-state index is 12.5. The van der Waals surface area contributed by atoms with Gasteiger partial charge in [-0.15, -0.1) is 0 Å². The Morgan fingerprint density at radius 1 is 1.42 bits per heavy atom. The predicted octanol–water partition coefficient (Wildman–Crippen LogP) is 1.79. The number of hydrogen-bond acceptors (Lipinski definition) is 3. The fraction of sp³-hybridized carbons (Fsp3) is 0.500. The predicted molar refractivity (Wildman–Crippen MR) is 79.4 cm³/mol. The molecular formula is C14H19BrN2O2. The quantitative estimate of drug-likeness (QED) is 0.920. The van der Waals surface area contributed by atoms with E-state index < -0.39 is 0 Å². The van der Waals surface area contributed by atoms with Crippen molar-refractivity contribution in [1.29, 1.82) is 0 Å². The van der Waals surface area contributed by atoms with Crippen LogP contribution in [0.5, 0.6) is 0 Å². The molecule has 0 aliphatic carbocycles. The van der Waals surface area contributed by atoms with Gasteiger partial charge >= 0.3 is 0 Å². The van der Waals surface area contributed by atoms with Gasteiger partial charge in [-0.2, -0.15) is 0 Å². The van der Waals surface area contributed by atoms with Crippen LogP contribution >= 0.6 is 15.9 Å². The number of carbonyl (C=O) groups is 1. The molecule has 1 aromatic carbocycles. The molecule has 1 aliphatic rings. The van der Waals surface area contributed by atoms with Crippen molar-refractivity contribution in [3.8, 4) is 0 Å². The van der Waals surface area contributed by atoms with Gasteiger partial charge in [-0.3, -0.25) is 9.69 Å². The molecule has 0 saturated carbocycles. The van der Waals surface area contributed by atoms with Crippen LogP contribution in [-0.4, -0.2) is 48.7 Å². The molecule has 0 bridgehead atoms. The SMILES string of the molecule is Cc1ccc(N2CCN(C)C(CCO)C2=O)cc1Br. The van der Waals surface area contributed by atoms with Crippen molar-refractivity contribution in [2.75, 3.05) is 31.6 Å². The summed E-state index contributed by atoms with van der Waals surface area (Å²) in [6, 6.07) is 5.73. The van der Waals surface area contributed by atoms with Gasteiger partial charge < -0.3 is 10.0 Å². The number of piperazine rings is 1. The van der Waals surface area contributed by atoms with Crippen LogP contribution in [-0.2, 0) is 4.79 Å². The molecule has 1 aliphatic heterocycles. The number of hydrogen-bond donors (Lipinski definition) is 1. The van der Waals surface area contributed by atoms with E-state index in [0.717, 1.165) is 22.3 Å². The first-order valence-corrected chi connectivity index (χ1v) is 7.22. The van der Waals surface area contributed by atoms with Gasteiger partial charge in [0.15, 0.2) is 0 Å². The Kier molecular flexibility index (Phi) is 4.60. The Bertz CT molecular complexity index is 479. The Morgan fingerprint density at radius 2 is 2.16 bits per heavy atom. The van der Waals surface area contributed by atoms with Crippen LogP contribution in [0.15, 0.2) is 22.7 Å². The van der Waals surface area contributed by atoms with Gasteiger partial charge in [-0.1, -0.05) is 22.0 Å². The summed E-state index contributed by atoms with van der Waals surface area (Å²) in [6.45, 7) is 3.56. The van der Waals surface area contributed by atoms with Gasteiger partial charge in [-0.05, 0) is 38.1 Å². The van der Waals surface area contributed by atoms with Crippen LogP contribution in [0, 0.1) is 6.92 Å². The number of rotatable bonds is 3. The van der Waals surface area contributed by atoms with Crippen molar-refractivity contribution in [3.05, 3.63) is 28.2 Å². The monoisotopic (exact) mass is 326 g/mol. The summed E-state index contributed by atoms with van der Waals surface area (Å²) < 4.78 is 1.01. The first-order valence-electron chi connectivity index (χ1n) is 6.43. The summed E-state index contributed by atoms with van der Waals surface area (Å²) in [7, 11) is 1.93. The highest BCUT2D eigenvalue weighted by Crippen LogP contribution is 2.26. The number of aliphatic hydroxyl groups is 1. The highest BCUT2D eigenvalue weighted by Gasteiger charge is 2.32. The molecule has 1 saturated heterocycles. The van der Waals surface area contributed by atoms with E-state index in [1.54, 1.807) is 0 Å². The number of amides is 1. The lowest BCUT2D eigenvalue weighted by Crippen LogP contribution is -2.56. The number of likely N-dealkylation sites (N-methyl/N-ethyl adjacent to an activating group) is 1. The third-order valence-corrected chi connectivity index (χ3v) is 4.48. The van der Waals surface area contributed by atoms with E-state index in [1.165, 1.54) is 0 Å². The number of aliphatic hydroxyl groups excluding tert-OH is 1. The summed E-state index contributed by atoms with van der Waals surface area (Å²) in [4.78, 5) is 16.3. The van der Waals surface area contributed by atoms with Gasteiger partial charge in [0.2, 0.25) is 5.91 Å². The Hall–Kier alpha value is -0.910. The first kappa shape index (κ1) is 14.5. The molecule has 19 heavy (non-hydrogen) atoms. The average Bonchev–Trinajstić information content (AvgIpc) is 2.38. The van der Waals surface area contributed by atoms with Gasteiger partial charge in [0.25, 0.3) is 0 Å². The van der Waals surface area contributed by atoms with Crippen molar-refractivity contribution in [2.24, 2.45) is 0 Å². The molecule has 0 aromatic heterocycles. The molecule has 4 nitrogen and oxygen atoms in total. The van der Waals surface area contributed by atoms with Gasteiger partial charge in [0, 0.05) is 29.9 Å². The fourth-order valence-electron chi connectivity index (χ4n) is 2.36. The number of carbonyl (C=O) groups excluding carboxylic acids is 1. The fourth-order valence-corrected chi connectivity index (χ4v) is 2.73. The second-order valence-corrected chi connectivity index (χ2v) is 5.79. The highest BCUT2D eigenvalue weighted by molar-refractivity contribution is 9.10. The molecule has 1 amide bonds. The van der Waals surface area contributed by atoms with Crippen molar-refractivity contribution in [1.82, 2.24) is 4.90 Å². The molecule has 0 radical (unpaired) electrons. The zero-order valence-electron chi connectivity index (χ0n) is 11.3. The topological polar surface area (TPSA) is 43.8 Å². The average molecular weight is 327 g/mol. The van der Waals surface area contributed by atoms with Crippen LogP contribution in [0.1, 0.15) is 12.0 Å². The van der Waals surface area contributed by atoms with Crippen LogP contribution in [0.3, 0.4) is 0 Å². The Morgan fingerprint density at radius 3 is 2.79 bits per heavy atom. The molecular weight excluding hydrogens is 308 g/mol. The molecule has 1 heterocycles. The van der Waals surface area contributed by atoms with Gasteiger partial charge in [0.1, 0.15) is 0 Å². The van der Waals surface area contributed by atoms with E-state index in [4.69, 9.17) is 5.11 Å². The van der Waals surface area contributed by atoms with Gasteiger partial charge in [-0.25, -0.2) is 0 Å². The van der Waals surface area contributed by atoms with E-state index in [1.807, 2.05) is 42.0 Å². The summed E-state index contributed by atoms with van der Waals surface area (Å²) in [5.74, 6) is 0.0681. The summed E-state index contributed by atoms with van der Waals surface area (Å²) >= 11 is 3.50. The van der Waals surface area contributed by atoms with Crippen molar-refractivity contribution in [2.45, 2.75) is 19.4 Å². The Balaban J connectivity index is 2.24. The maximum atomic E-state index is 12.5. The molecule has 5 heteroatoms. The second-order valence-electron chi connectivity index (χ2n) is 4.93. The lowest BCUT2D eigenvalue weighted by molar-refractivity contribution is -0.125. The van der Waals surface area contributed by atoms with E-state index in [2.05, 4.69) is 15.9 Å². The minimum absolute atomic E-state index is 0.0339. The number of benzene rings is 1. The summed E-state index contributed by atoms with van der Waals surface area (Å²) in [5, 5.41) is 9.09. The molecule has 0 spiro atoms. The highest BCUT2D eigenvalue weighted by atomic mass is 79.9. The minimum atomic E-state index is -0.223. The third-order valence-electron chi connectivity index (χ3n) is 3.63. The van der Waals surface area contributed by atoms with Crippen LogP contribution in [0.4, 0.5) is 5.69 Å².